The van der Waals surface area contributed by atoms with E-state index >= 15 is 0 Å². The van der Waals surface area contributed by atoms with Crippen molar-refractivity contribution in [2.75, 3.05) is 13.6 Å². The zero-order chi connectivity index (χ0) is 17.7. The Morgan fingerprint density at radius 2 is 1.96 bits per heavy atom. The summed E-state index contributed by atoms with van der Waals surface area (Å²) in [5.74, 6) is 0.972. The third-order valence-corrected chi connectivity index (χ3v) is 3.14. The van der Waals surface area contributed by atoms with Gasteiger partial charge in [0.1, 0.15) is 11.1 Å². The number of ether oxygens (including phenoxy) is 1. The van der Waals surface area contributed by atoms with E-state index in [2.05, 4.69) is 27.3 Å². The second kappa shape index (κ2) is 7.77. The van der Waals surface area contributed by atoms with Gasteiger partial charge in [-0.1, -0.05) is 18.5 Å². The van der Waals surface area contributed by atoms with Gasteiger partial charge in [0.25, 0.3) is 0 Å². The maximum absolute atomic E-state index is 11.9. The standard InChI is InChI=1S/C16H30N4O3/c1-8-9-10-20(7)11-12-17-13(19-23-12)16(5,6)18-14(21)22-15(2,3)4/h8-11H2,1-7H3,(H,18,21). The highest BCUT2D eigenvalue weighted by atomic mass is 16.6. The molecule has 0 atom stereocenters. The van der Waals surface area contributed by atoms with Gasteiger partial charge in [0.05, 0.1) is 6.54 Å². The Bertz CT molecular complexity index is 506. The molecule has 0 aromatic carbocycles. The van der Waals surface area contributed by atoms with Gasteiger partial charge in [-0.2, -0.15) is 4.98 Å². The fourth-order valence-corrected chi connectivity index (χ4v) is 1.93. The average molecular weight is 326 g/mol. The van der Waals surface area contributed by atoms with Gasteiger partial charge in [-0.3, -0.25) is 4.90 Å². The van der Waals surface area contributed by atoms with Crippen LogP contribution in [0.2, 0.25) is 0 Å². The van der Waals surface area contributed by atoms with Crippen LogP contribution in [0.4, 0.5) is 4.79 Å². The molecule has 7 heteroatoms. The summed E-state index contributed by atoms with van der Waals surface area (Å²) in [5, 5.41) is 6.76. The highest BCUT2D eigenvalue weighted by molar-refractivity contribution is 5.68. The molecule has 0 fully saturated rings. The Hall–Kier alpha value is -1.63. The minimum absolute atomic E-state index is 0.433. The van der Waals surface area contributed by atoms with Crippen molar-refractivity contribution >= 4 is 6.09 Å². The van der Waals surface area contributed by atoms with E-state index in [-0.39, 0.29) is 0 Å². The third kappa shape index (κ3) is 6.99. The van der Waals surface area contributed by atoms with Crippen LogP contribution in [0.15, 0.2) is 4.52 Å². The summed E-state index contributed by atoms with van der Waals surface area (Å²) in [6, 6.07) is 0. The molecular weight excluding hydrogens is 296 g/mol. The van der Waals surface area contributed by atoms with E-state index in [1.54, 1.807) is 0 Å². The van der Waals surface area contributed by atoms with Crippen LogP contribution in [-0.2, 0) is 16.8 Å². The molecular formula is C16H30N4O3. The number of hydrogen-bond acceptors (Lipinski definition) is 6. The largest absolute Gasteiger partial charge is 0.444 e. The molecule has 0 saturated carbocycles. The number of hydrogen-bond donors (Lipinski definition) is 1. The van der Waals surface area contributed by atoms with Crippen LogP contribution in [0.5, 0.6) is 0 Å². The summed E-state index contributed by atoms with van der Waals surface area (Å²) >= 11 is 0. The summed E-state index contributed by atoms with van der Waals surface area (Å²) < 4.78 is 10.6. The van der Waals surface area contributed by atoms with Crippen LogP contribution >= 0.6 is 0 Å². The number of rotatable bonds is 7. The number of unbranched alkanes of at least 4 members (excludes halogenated alkanes) is 1. The van der Waals surface area contributed by atoms with Gasteiger partial charge in [0.15, 0.2) is 5.82 Å². The van der Waals surface area contributed by atoms with Gasteiger partial charge >= 0.3 is 6.09 Å². The molecule has 0 saturated heterocycles. The molecule has 0 spiro atoms. The molecule has 0 unspecified atom stereocenters. The normalized spacial score (nSPS) is 12.5. The van der Waals surface area contributed by atoms with Crippen molar-refractivity contribution in [2.45, 2.75) is 72.1 Å². The molecule has 1 amide bonds. The Kier molecular flexibility index (Phi) is 6.56. The number of carbonyl (C=O) groups excluding carboxylic acids is 1. The molecule has 0 aliphatic rings. The predicted octanol–water partition coefficient (Wildman–Crippen LogP) is 3.06. The molecule has 1 N–H and O–H groups in total. The van der Waals surface area contributed by atoms with Crippen LogP contribution in [-0.4, -0.2) is 40.3 Å². The summed E-state index contributed by atoms with van der Waals surface area (Å²) in [5.41, 5.74) is -1.32. The monoisotopic (exact) mass is 326 g/mol. The van der Waals surface area contributed by atoms with E-state index in [0.717, 1.165) is 19.4 Å². The lowest BCUT2D eigenvalue weighted by Gasteiger charge is -2.26. The molecule has 1 heterocycles. The molecule has 1 aromatic rings. The van der Waals surface area contributed by atoms with Crippen LogP contribution in [0.25, 0.3) is 0 Å². The predicted molar refractivity (Wildman–Crippen MR) is 87.9 cm³/mol. The molecule has 0 aliphatic heterocycles. The topological polar surface area (TPSA) is 80.5 Å². The smallest absolute Gasteiger partial charge is 0.408 e. The van der Waals surface area contributed by atoms with E-state index in [1.165, 1.54) is 0 Å². The molecule has 0 radical (unpaired) electrons. The first-order chi connectivity index (χ1) is 10.5. The molecule has 23 heavy (non-hydrogen) atoms. The number of nitrogens with zero attached hydrogens (tertiary/aromatic N) is 3. The summed E-state index contributed by atoms with van der Waals surface area (Å²) in [4.78, 5) is 18.4. The second-order valence-corrected chi connectivity index (χ2v) is 7.35. The van der Waals surface area contributed by atoms with Gasteiger partial charge in [-0.15, -0.1) is 0 Å². The van der Waals surface area contributed by atoms with Crippen molar-refractivity contribution in [3.8, 4) is 0 Å². The lowest BCUT2D eigenvalue weighted by Crippen LogP contribution is -2.44. The lowest BCUT2D eigenvalue weighted by molar-refractivity contribution is 0.0465. The maximum atomic E-state index is 11.9. The van der Waals surface area contributed by atoms with Crippen LogP contribution < -0.4 is 5.32 Å². The summed E-state index contributed by atoms with van der Waals surface area (Å²) in [6.07, 6.45) is 1.77. The van der Waals surface area contributed by atoms with Gasteiger partial charge in [0, 0.05) is 0 Å². The fraction of sp³-hybridized carbons (Fsp3) is 0.812. The molecule has 0 aliphatic carbocycles. The van der Waals surface area contributed by atoms with E-state index in [0.29, 0.717) is 18.3 Å². The van der Waals surface area contributed by atoms with Crippen molar-refractivity contribution in [1.82, 2.24) is 20.4 Å². The highest BCUT2D eigenvalue weighted by Gasteiger charge is 2.31. The Morgan fingerprint density at radius 1 is 1.30 bits per heavy atom. The number of aromatic nitrogens is 2. The van der Waals surface area contributed by atoms with E-state index < -0.39 is 17.2 Å². The first-order valence-corrected chi connectivity index (χ1v) is 8.06. The van der Waals surface area contributed by atoms with Crippen molar-refractivity contribution in [3.63, 3.8) is 0 Å². The van der Waals surface area contributed by atoms with E-state index in [9.17, 15) is 4.79 Å². The number of carbonyl (C=O) groups is 1. The second-order valence-electron chi connectivity index (χ2n) is 7.35. The van der Waals surface area contributed by atoms with Crippen molar-refractivity contribution in [3.05, 3.63) is 11.7 Å². The Morgan fingerprint density at radius 3 is 2.52 bits per heavy atom. The highest BCUT2D eigenvalue weighted by Crippen LogP contribution is 2.18. The quantitative estimate of drug-likeness (QED) is 0.829. The summed E-state index contributed by atoms with van der Waals surface area (Å²) in [7, 11) is 2.02. The SMILES string of the molecule is CCCCN(C)Cc1nc(C(C)(C)NC(=O)OC(C)(C)C)no1. The minimum atomic E-state index is -0.772. The Balaban J connectivity index is 2.65. The summed E-state index contributed by atoms with van der Waals surface area (Å²) in [6.45, 7) is 12.8. The maximum Gasteiger partial charge on any atom is 0.408 e. The van der Waals surface area contributed by atoms with Gasteiger partial charge in [-0.25, -0.2) is 4.79 Å². The average Bonchev–Trinajstić information content (AvgIpc) is 2.82. The van der Waals surface area contributed by atoms with E-state index in [1.807, 2.05) is 41.7 Å². The van der Waals surface area contributed by atoms with Gasteiger partial charge < -0.3 is 14.6 Å². The van der Waals surface area contributed by atoms with Gasteiger partial charge in [-0.05, 0) is 54.6 Å². The first kappa shape index (κ1) is 19.4. The number of amides is 1. The van der Waals surface area contributed by atoms with Crippen LogP contribution in [0, 0.1) is 0 Å². The zero-order valence-electron chi connectivity index (χ0n) is 15.4. The zero-order valence-corrected chi connectivity index (χ0v) is 15.4. The lowest BCUT2D eigenvalue weighted by atomic mass is 10.1. The van der Waals surface area contributed by atoms with Crippen molar-refractivity contribution in [1.29, 1.82) is 0 Å². The molecule has 1 rings (SSSR count). The molecule has 0 bridgehead atoms. The molecule has 7 nitrogen and oxygen atoms in total. The van der Waals surface area contributed by atoms with Crippen molar-refractivity contribution in [2.24, 2.45) is 0 Å². The fourth-order valence-electron chi connectivity index (χ4n) is 1.93. The molecule has 132 valence electrons. The number of alkyl carbamates (subject to hydrolysis) is 1. The Labute approximate surface area is 138 Å². The van der Waals surface area contributed by atoms with Crippen LogP contribution in [0.1, 0.15) is 66.1 Å². The first-order valence-electron chi connectivity index (χ1n) is 8.06. The number of nitrogens with one attached hydrogen (secondary N) is 1. The van der Waals surface area contributed by atoms with Crippen molar-refractivity contribution < 1.29 is 14.1 Å². The molecule has 1 aromatic heterocycles. The minimum Gasteiger partial charge on any atom is -0.444 e. The van der Waals surface area contributed by atoms with Gasteiger partial charge in [0.2, 0.25) is 5.89 Å². The van der Waals surface area contributed by atoms with E-state index in [4.69, 9.17) is 9.26 Å². The van der Waals surface area contributed by atoms with Crippen LogP contribution in [0.3, 0.4) is 0 Å². The third-order valence-electron chi connectivity index (χ3n) is 3.14.